The van der Waals surface area contributed by atoms with Crippen molar-refractivity contribution in [3.8, 4) is 0 Å². The molecule has 3 fully saturated rings. The fourth-order valence-corrected chi connectivity index (χ4v) is 5.31. The Kier molecular flexibility index (Phi) is 5.23. The Balaban J connectivity index is 1.35. The number of carbonyl (C=O) groups excluding carboxylic acids is 2. The first-order valence-electron chi connectivity index (χ1n) is 9.21. The van der Waals surface area contributed by atoms with Crippen molar-refractivity contribution in [2.45, 2.75) is 12.8 Å². The number of carbonyl (C=O) groups is 2. The number of morpholine rings is 1. The van der Waals surface area contributed by atoms with Crippen LogP contribution >= 0.6 is 22.9 Å². The van der Waals surface area contributed by atoms with E-state index in [9.17, 15) is 9.59 Å². The van der Waals surface area contributed by atoms with Crippen LogP contribution in [0.4, 0.5) is 0 Å². The van der Waals surface area contributed by atoms with E-state index >= 15 is 0 Å². The summed E-state index contributed by atoms with van der Waals surface area (Å²) < 4.78 is 5.37. The van der Waals surface area contributed by atoms with Crippen molar-refractivity contribution in [3.05, 3.63) is 21.3 Å². The molecule has 3 aliphatic heterocycles. The molecule has 3 saturated heterocycles. The minimum absolute atomic E-state index is 0.0403. The lowest BCUT2D eigenvalue weighted by Gasteiger charge is -2.29. The van der Waals surface area contributed by atoms with Gasteiger partial charge in [-0.1, -0.05) is 11.6 Å². The van der Waals surface area contributed by atoms with E-state index in [1.165, 1.54) is 11.3 Å². The molecule has 4 heterocycles. The van der Waals surface area contributed by atoms with Gasteiger partial charge < -0.3 is 14.5 Å². The highest BCUT2D eigenvalue weighted by atomic mass is 35.5. The highest BCUT2D eigenvalue weighted by Crippen LogP contribution is 2.41. The van der Waals surface area contributed by atoms with Gasteiger partial charge in [-0.25, -0.2) is 0 Å². The molecule has 0 aliphatic carbocycles. The van der Waals surface area contributed by atoms with Gasteiger partial charge in [-0.05, 0) is 24.3 Å². The summed E-state index contributed by atoms with van der Waals surface area (Å²) in [7, 11) is 0. The predicted molar refractivity (Wildman–Crippen MR) is 101 cm³/mol. The third-order valence-electron chi connectivity index (χ3n) is 5.84. The van der Waals surface area contributed by atoms with Gasteiger partial charge in [0, 0.05) is 45.8 Å². The van der Waals surface area contributed by atoms with Crippen molar-refractivity contribution < 1.29 is 14.3 Å². The molecule has 1 unspecified atom stereocenters. The molecule has 0 aromatic carbocycles. The molecular weight excluding hydrogens is 374 g/mol. The number of likely N-dealkylation sites (tertiary alicyclic amines) is 2. The van der Waals surface area contributed by atoms with Crippen molar-refractivity contribution in [2.75, 3.05) is 59.0 Å². The van der Waals surface area contributed by atoms with Crippen molar-refractivity contribution in [2.24, 2.45) is 5.41 Å². The zero-order valence-electron chi connectivity index (χ0n) is 14.8. The van der Waals surface area contributed by atoms with Crippen molar-refractivity contribution in [1.29, 1.82) is 0 Å². The van der Waals surface area contributed by atoms with E-state index in [2.05, 4.69) is 4.90 Å². The summed E-state index contributed by atoms with van der Waals surface area (Å²) in [5.74, 6) is 0.180. The monoisotopic (exact) mass is 397 g/mol. The van der Waals surface area contributed by atoms with Gasteiger partial charge in [0.05, 0.1) is 23.7 Å². The lowest BCUT2D eigenvalue weighted by atomic mass is 9.85. The summed E-state index contributed by atoms with van der Waals surface area (Å²) in [6.07, 6.45) is 1.60. The molecule has 0 N–H and O–H groups in total. The summed E-state index contributed by atoms with van der Waals surface area (Å²) in [5.41, 5.74) is -0.385. The number of nitrogens with zero attached hydrogens (tertiary/aromatic N) is 3. The van der Waals surface area contributed by atoms with Crippen LogP contribution in [0.15, 0.2) is 11.4 Å². The van der Waals surface area contributed by atoms with Gasteiger partial charge in [0.1, 0.15) is 4.88 Å². The SMILES string of the molecule is O=C(c1sccc1Cl)N1CCC2(CCN(CCN3CCOCC3)C2=O)C1. The predicted octanol–water partition coefficient (Wildman–Crippen LogP) is 1.80. The minimum Gasteiger partial charge on any atom is -0.379 e. The van der Waals surface area contributed by atoms with Crippen molar-refractivity contribution in [3.63, 3.8) is 0 Å². The van der Waals surface area contributed by atoms with Crippen LogP contribution in [-0.4, -0.2) is 85.5 Å². The van der Waals surface area contributed by atoms with Gasteiger partial charge in [-0.2, -0.15) is 0 Å². The van der Waals surface area contributed by atoms with Crippen LogP contribution in [0.1, 0.15) is 22.5 Å². The summed E-state index contributed by atoms with van der Waals surface area (Å²) in [5, 5.41) is 2.33. The molecule has 1 spiro atoms. The largest absolute Gasteiger partial charge is 0.379 e. The Bertz CT molecular complexity index is 691. The summed E-state index contributed by atoms with van der Waals surface area (Å²) >= 11 is 7.47. The van der Waals surface area contributed by atoms with Gasteiger partial charge >= 0.3 is 0 Å². The topological polar surface area (TPSA) is 53.1 Å². The maximum atomic E-state index is 13.0. The average Bonchev–Trinajstić information content (AvgIpc) is 3.36. The molecule has 1 aromatic heterocycles. The quantitative estimate of drug-likeness (QED) is 0.777. The summed E-state index contributed by atoms with van der Waals surface area (Å²) in [4.78, 5) is 32.5. The van der Waals surface area contributed by atoms with Gasteiger partial charge in [-0.15, -0.1) is 11.3 Å². The summed E-state index contributed by atoms with van der Waals surface area (Å²) in [6, 6.07) is 1.75. The molecule has 6 nitrogen and oxygen atoms in total. The van der Waals surface area contributed by atoms with Crippen molar-refractivity contribution in [1.82, 2.24) is 14.7 Å². The second kappa shape index (κ2) is 7.46. The van der Waals surface area contributed by atoms with E-state index in [1.54, 1.807) is 11.0 Å². The molecule has 26 heavy (non-hydrogen) atoms. The molecule has 0 bridgehead atoms. The standard InChI is InChI=1S/C18H24ClN3O3S/c19-14-1-12-26-15(14)16(23)22-5-3-18(13-22)2-4-21(17(18)24)7-6-20-8-10-25-11-9-20/h1,12H,2-11,13H2. The molecular formula is C18H24ClN3O3S. The number of halogens is 1. The second-order valence-corrected chi connectivity index (χ2v) is 8.67. The molecule has 4 rings (SSSR count). The molecule has 3 aliphatic rings. The van der Waals surface area contributed by atoms with Crippen molar-refractivity contribution >= 4 is 34.8 Å². The molecule has 142 valence electrons. The van der Waals surface area contributed by atoms with E-state index in [1.807, 2.05) is 10.3 Å². The Hall–Kier alpha value is -1.15. The fourth-order valence-electron chi connectivity index (χ4n) is 4.21. The van der Waals surface area contributed by atoms with E-state index in [0.29, 0.717) is 23.0 Å². The molecule has 1 atom stereocenters. The number of rotatable bonds is 4. The zero-order chi connectivity index (χ0) is 18.1. The minimum atomic E-state index is -0.385. The number of amides is 2. The maximum absolute atomic E-state index is 13.0. The van der Waals surface area contributed by atoms with Crippen LogP contribution in [0.5, 0.6) is 0 Å². The lowest BCUT2D eigenvalue weighted by Crippen LogP contribution is -2.43. The first kappa shape index (κ1) is 18.2. The molecule has 0 radical (unpaired) electrons. The smallest absolute Gasteiger partial charge is 0.265 e. The van der Waals surface area contributed by atoms with Crippen LogP contribution in [0.25, 0.3) is 0 Å². The number of thiophene rings is 1. The third-order valence-corrected chi connectivity index (χ3v) is 7.17. The average molecular weight is 398 g/mol. The molecule has 2 amide bonds. The van der Waals surface area contributed by atoms with Gasteiger partial charge in [0.15, 0.2) is 0 Å². The number of ether oxygens (including phenoxy) is 1. The summed E-state index contributed by atoms with van der Waals surface area (Å²) in [6.45, 7) is 7.06. The van der Waals surface area contributed by atoms with E-state index < -0.39 is 0 Å². The van der Waals surface area contributed by atoms with Gasteiger partial charge in [0.2, 0.25) is 5.91 Å². The van der Waals surface area contributed by atoms with E-state index in [4.69, 9.17) is 16.3 Å². The first-order chi connectivity index (χ1) is 12.6. The fraction of sp³-hybridized carbons (Fsp3) is 0.667. The Morgan fingerprint density at radius 2 is 1.96 bits per heavy atom. The van der Waals surface area contributed by atoms with Gasteiger partial charge in [0.25, 0.3) is 5.91 Å². The number of hydrogen-bond donors (Lipinski definition) is 0. The third kappa shape index (κ3) is 3.38. The first-order valence-corrected chi connectivity index (χ1v) is 10.5. The van der Waals surface area contributed by atoms with Crippen LogP contribution in [0.3, 0.4) is 0 Å². The zero-order valence-corrected chi connectivity index (χ0v) is 16.4. The maximum Gasteiger partial charge on any atom is 0.265 e. The van der Waals surface area contributed by atoms with Crippen LogP contribution < -0.4 is 0 Å². The molecule has 0 saturated carbocycles. The van der Waals surface area contributed by atoms with Crippen LogP contribution in [0.2, 0.25) is 5.02 Å². The Morgan fingerprint density at radius 1 is 1.19 bits per heavy atom. The van der Waals surface area contributed by atoms with Crippen LogP contribution in [0, 0.1) is 5.41 Å². The van der Waals surface area contributed by atoms with E-state index in [-0.39, 0.29) is 17.2 Å². The molecule has 8 heteroatoms. The highest BCUT2D eigenvalue weighted by molar-refractivity contribution is 7.12. The Labute approximate surface area is 162 Å². The Morgan fingerprint density at radius 3 is 2.69 bits per heavy atom. The highest BCUT2D eigenvalue weighted by Gasteiger charge is 2.51. The second-order valence-electron chi connectivity index (χ2n) is 7.35. The normalized spacial score (nSPS) is 27.0. The van der Waals surface area contributed by atoms with E-state index in [0.717, 1.165) is 58.8 Å². The molecule has 1 aromatic rings. The number of hydrogen-bond acceptors (Lipinski definition) is 5. The lowest BCUT2D eigenvalue weighted by molar-refractivity contribution is -0.135. The van der Waals surface area contributed by atoms with Crippen LogP contribution in [-0.2, 0) is 9.53 Å². The van der Waals surface area contributed by atoms with Gasteiger partial charge in [-0.3, -0.25) is 14.5 Å².